The van der Waals surface area contributed by atoms with Crippen molar-refractivity contribution in [1.82, 2.24) is 4.90 Å². The summed E-state index contributed by atoms with van der Waals surface area (Å²) in [6.45, 7) is 5.26. The van der Waals surface area contributed by atoms with Crippen LogP contribution in [0.4, 0.5) is 5.69 Å². The molecule has 2 aromatic carbocycles. The van der Waals surface area contributed by atoms with E-state index < -0.39 is 0 Å². The zero-order chi connectivity index (χ0) is 16.4. The Morgan fingerprint density at radius 2 is 1.91 bits per heavy atom. The first-order chi connectivity index (χ1) is 11.2. The van der Waals surface area contributed by atoms with Crippen molar-refractivity contribution in [2.24, 2.45) is 0 Å². The fourth-order valence-corrected chi connectivity index (χ4v) is 3.54. The molecule has 0 unspecified atom stereocenters. The molecule has 0 amide bonds. The van der Waals surface area contributed by atoms with Crippen molar-refractivity contribution >= 4 is 5.69 Å². The smallest absolute Gasteiger partial charge is 0.101 e. The number of anilines is 1. The maximum absolute atomic E-state index is 9.67. The van der Waals surface area contributed by atoms with Crippen LogP contribution in [0, 0.1) is 11.3 Å². The van der Waals surface area contributed by atoms with E-state index in [1.807, 2.05) is 20.2 Å². The molecule has 0 bridgehead atoms. The minimum atomic E-state index is 0.769. The van der Waals surface area contributed by atoms with Crippen LogP contribution in [0.3, 0.4) is 0 Å². The summed E-state index contributed by atoms with van der Waals surface area (Å²) in [5.74, 6) is 0. The van der Waals surface area contributed by atoms with Crippen LogP contribution in [0.5, 0.6) is 0 Å². The monoisotopic (exact) mass is 305 g/mol. The molecule has 0 saturated carbocycles. The first-order valence-electron chi connectivity index (χ1n) is 8.19. The third-order valence-electron chi connectivity index (χ3n) is 4.68. The molecule has 3 heteroatoms. The van der Waals surface area contributed by atoms with Crippen molar-refractivity contribution in [2.75, 3.05) is 32.1 Å². The second kappa shape index (κ2) is 6.44. The van der Waals surface area contributed by atoms with Crippen LogP contribution in [0.2, 0.25) is 0 Å². The first-order valence-corrected chi connectivity index (χ1v) is 8.19. The van der Waals surface area contributed by atoms with Crippen LogP contribution >= 0.6 is 0 Å². The summed E-state index contributed by atoms with van der Waals surface area (Å²) in [6, 6.07) is 14.9. The van der Waals surface area contributed by atoms with Crippen LogP contribution in [0.15, 0.2) is 36.4 Å². The molecule has 0 aromatic heterocycles. The number of hydrogen-bond acceptors (Lipinski definition) is 3. The average Bonchev–Trinajstić information content (AvgIpc) is 2.60. The molecule has 3 rings (SSSR count). The summed E-state index contributed by atoms with van der Waals surface area (Å²) in [7, 11) is 4.06. The van der Waals surface area contributed by atoms with Crippen molar-refractivity contribution in [3.05, 3.63) is 53.1 Å². The Morgan fingerprint density at radius 1 is 1.17 bits per heavy atom. The molecule has 0 spiro atoms. The summed E-state index contributed by atoms with van der Waals surface area (Å²) in [5.41, 5.74) is 7.00. The molecule has 118 valence electrons. The molecule has 0 aliphatic carbocycles. The van der Waals surface area contributed by atoms with Gasteiger partial charge in [0.25, 0.3) is 0 Å². The summed E-state index contributed by atoms with van der Waals surface area (Å²) < 4.78 is 0. The molecule has 0 N–H and O–H groups in total. The van der Waals surface area contributed by atoms with E-state index in [1.54, 1.807) is 0 Å². The summed E-state index contributed by atoms with van der Waals surface area (Å²) >= 11 is 0. The van der Waals surface area contributed by atoms with Gasteiger partial charge in [-0.05, 0) is 41.3 Å². The number of fused-ring (bicyclic) bond motifs is 1. The van der Waals surface area contributed by atoms with Gasteiger partial charge in [-0.25, -0.2) is 0 Å². The third-order valence-corrected chi connectivity index (χ3v) is 4.68. The minimum absolute atomic E-state index is 0.769. The van der Waals surface area contributed by atoms with Gasteiger partial charge >= 0.3 is 0 Å². The quantitative estimate of drug-likeness (QED) is 0.867. The lowest BCUT2D eigenvalue weighted by Gasteiger charge is -2.33. The van der Waals surface area contributed by atoms with Crippen LogP contribution in [0.25, 0.3) is 11.1 Å². The Hall–Kier alpha value is -2.31. The van der Waals surface area contributed by atoms with E-state index in [2.05, 4.69) is 53.1 Å². The molecule has 23 heavy (non-hydrogen) atoms. The third kappa shape index (κ3) is 2.83. The van der Waals surface area contributed by atoms with E-state index in [0.717, 1.165) is 37.3 Å². The number of nitriles is 1. The summed E-state index contributed by atoms with van der Waals surface area (Å²) in [6.07, 6.45) is 1.04. The van der Waals surface area contributed by atoms with Gasteiger partial charge in [-0.3, -0.25) is 4.90 Å². The fraction of sp³-hybridized carbons (Fsp3) is 0.350. The number of hydrogen-bond donors (Lipinski definition) is 0. The van der Waals surface area contributed by atoms with Crippen molar-refractivity contribution in [2.45, 2.75) is 19.9 Å². The lowest BCUT2D eigenvalue weighted by Crippen LogP contribution is -2.32. The van der Waals surface area contributed by atoms with E-state index >= 15 is 0 Å². The van der Waals surface area contributed by atoms with Crippen molar-refractivity contribution in [3.63, 3.8) is 0 Å². The largest absolute Gasteiger partial charge is 0.376 e. The van der Waals surface area contributed by atoms with Gasteiger partial charge in [0.05, 0.1) is 11.3 Å². The van der Waals surface area contributed by atoms with E-state index in [9.17, 15) is 5.26 Å². The Bertz CT molecular complexity index is 742. The van der Waals surface area contributed by atoms with Gasteiger partial charge in [-0.15, -0.1) is 0 Å². The Labute approximate surface area is 138 Å². The summed E-state index contributed by atoms with van der Waals surface area (Å²) in [5, 5.41) is 9.67. The van der Waals surface area contributed by atoms with Crippen molar-refractivity contribution in [3.8, 4) is 17.2 Å². The molecule has 2 aromatic rings. The zero-order valence-electron chi connectivity index (χ0n) is 14.1. The Balaban J connectivity index is 2.26. The highest BCUT2D eigenvalue weighted by Gasteiger charge is 2.25. The van der Waals surface area contributed by atoms with Gasteiger partial charge in [0.1, 0.15) is 6.07 Å². The molecule has 0 radical (unpaired) electrons. The molecule has 1 aliphatic rings. The van der Waals surface area contributed by atoms with Crippen LogP contribution in [-0.4, -0.2) is 32.1 Å². The standard InChI is InChI=1S/C20H23N3/c1-4-23-11-10-17-18(15-8-6-5-7-9-15)12-16(13-21)20(22(2)3)19(17)14-23/h5-9,12H,4,10-11,14H2,1-3H3. The van der Waals surface area contributed by atoms with Crippen LogP contribution in [0.1, 0.15) is 23.6 Å². The number of rotatable bonds is 3. The van der Waals surface area contributed by atoms with Crippen LogP contribution < -0.4 is 4.90 Å². The normalized spacial score (nSPS) is 14.2. The van der Waals surface area contributed by atoms with Gasteiger partial charge in [0.2, 0.25) is 0 Å². The molecular formula is C20H23N3. The predicted octanol–water partition coefficient (Wildman–Crippen LogP) is 3.67. The fourth-order valence-electron chi connectivity index (χ4n) is 3.54. The molecular weight excluding hydrogens is 282 g/mol. The highest BCUT2D eigenvalue weighted by atomic mass is 15.1. The number of nitrogens with zero attached hydrogens (tertiary/aromatic N) is 3. The van der Waals surface area contributed by atoms with E-state index in [1.165, 1.54) is 22.3 Å². The molecule has 0 saturated heterocycles. The predicted molar refractivity (Wildman–Crippen MR) is 95.6 cm³/mol. The second-order valence-electron chi connectivity index (χ2n) is 6.27. The topological polar surface area (TPSA) is 30.3 Å². The lowest BCUT2D eigenvalue weighted by molar-refractivity contribution is 0.268. The van der Waals surface area contributed by atoms with Crippen molar-refractivity contribution in [1.29, 1.82) is 5.26 Å². The summed E-state index contributed by atoms with van der Waals surface area (Å²) in [4.78, 5) is 4.54. The van der Waals surface area contributed by atoms with Crippen molar-refractivity contribution < 1.29 is 0 Å². The lowest BCUT2D eigenvalue weighted by atomic mass is 9.87. The van der Waals surface area contributed by atoms with E-state index in [4.69, 9.17) is 0 Å². The number of benzene rings is 2. The number of likely N-dealkylation sites (N-methyl/N-ethyl adjacent to an activating group) is 1. The SMILES string of the molecule is CCN1CCc2c(-c3ccccc3)cc(C#N)c(N(C)C)c2C1. The highest BCUT2D eigenvalue weighted by Crippen LogP contribution is 2.38. The Morgan fingerprint density at radius 3 is 2.52 bits per heavy atom. The molecule has 3 nitrogen and oxygen atoms in total. The first kappa shape index (κ1) is 15.6. The van der Waals surface area contributed by atoms with E-state index in [-0.39, 0.29) is 0 Å². The van der Waals surface area contributed by atoms with Gasteiger partial charge < -0.3 is 4.90 Å². The molecule has 1 heterocycles. The van der Waals surface area contributed by atoms with Gasteiger partial charge in [0.15, 0.2) is 0 Å². The second-order valence-corrected chi connectivity index (χ2v) is 6.27. The minimum Gasteiger partial charge on any atom is -0.376 e. The zero-order valence-corrected chi connectivity index (χ0v) is 14.1. The van der Waals surface area contributed by atoms with Gasteiger partial charge in [0, 0.05) is 27.2 Å². The highest BCUT2D eigenvalue weighted by molar-refractivity contribution is 5.78. The molecule has 0 fully saturated rings. The van der Waals surface area contributed by atoms with Gasteiger partial charge in [-0.1, -0.05) is 37.3 Å². The maximum atomic E-state index is 9.67. The Kier molecular flexibility index (Phi) is 4.36. The van der Waals surface area contributed by atoms with Gasteiger partial charge in [-0.2, -0.15) is 5.26 Å². The van der Waals surface area contributed by atoms with E-state index in [0.29, 0.717) is 0 Å². The molecule has 1 aliphatic heterocycles. The van der Waals surface area contributed by atoms with Crippen LogP contribution in [-0.2, 0) is 13.0 Å². The maximum Gasteiger partial charge on any atom is 0.101 e. The average molecular weight is 305 g/mol. The molecule has 0 atom stereocenters.